The number of aromatic hydroxyl groups is 2. The molecule has 4 nitrogen and oxygen atoms in total. The minimum atomic E-state index is -0.195. The van der Waals surface area contributed by atoms with Gasteiger partial charge in [0, 0.05) is 12.5 Å². The second-order valence-corrected chi connectivity index (χ2v) is 9.14. The Kier molecular flexibility index (Phi) is 14.5. The van der Waals surface area contributed by atoms with E-state index in [4.69, 9.17) is 4.74 Å². The number of unbranched alkanes of at least 4 members (excludes halogenated alkanes) is 8. The molecule has 0 aliphatic heterocycles. The second-order valence-electron chi connectivity index (χ2n) is 9.14. The third kappa shape index (κ3) is 13.6. The molecule has 0 saturated carbocycles. The van der Waals surface area contributed by atoms with E-state index in [0.717, 1.165) is 37.7 Å². The summed E-state index contributed by atoms with van der Waals surface area (Å²) in [5, 5.41) is 19.1. The van der Waals surface area contributed by atoms with Gasteiger partial charge in [-0.3, -0.25) is 4.79 Å². The van der Waals surface area contributed by atoms with Gasteiger partial charge >= 0.3 is 5.97 Å². The molecule has 194 valence electrons. The number of hydrogen-bond donors (Lipinski definition) is 2. The summed E-state index contributed by atoms with van der Waals surface area (Å²) in [7, 11) is 0. The number of allylic oxidation sites excluding steroid dienone is 4. The predicted molar refractivity (Wildman–Crippen MR) is 150 cm³/mol. The van der Waals surface area contributed by atoms with Gasteiger partial charge in [0.05, 0.1) is 0 Å². The Morgan fingerprint density at radius 3 is 1.97 bits per heavy atom. The highest BCUT2D eigenvalue weighted by atomic mass is 16.5. The molecule has 0 radical (unpaired) electrons. The highest BCUT2D eigenvalue weighted by molar-refractivity contribution is 5.73. The Balaban J connectivity index is 1.52. The van der Waals surface area contributed by atoms with Gasteiger partial charge in [-0.25, -0.2) is 0 Å². The second kappa shape index (κ2) is 18.1. The number of esters is 1. The summed E-state index contributed by atoms with van der Waals surface area (Å²) < 4.78 is 5.44. The van der Waals surface area contributed by atoms with Crippen LogP contribution in [0.5, 0.6) is 17.2 Å². The molecule has 0 aliphatic carbocycles. The Labute approximate surface area is 217 Å². The average molecular weight is 491 g/mol. The lowest BCUT2D eigenvalue weighted by molar-refractivity contribution is -0.134. The molecular formula is C32H42O4. The fourth-order valence-corrected chi connectivity index (χ4v) is 3.82. The number of carbonyl (C=O) groups is 1. The smallest absolute Gasteiger partial charge is 0.311 e. The van der Waals surface area contributed by atoms with E-state index in [1.54, 1.807) is 30.3 Å². The standard InChI is InChI=1S/C32H42O4/c1-2-3-4-5-6-7-8-9-10-11-12-13-14-15-16-17-32(35)36-31-22-20-27(21-23-31)18-19-28-24-29(33)26-30(34)25-28/h6-7,9-10,18-26,33-34H,2-5,8,11-17H2,1H3/b7-6-,10-9-,19-18?. The van der Waals surface area contributed by atoms with Crippen LogP contribution in [0.4, 0.5) is 0 Å². The predicted octanol–water partition coefficient (Wildman–Crippen LogP) is 8.99. The van der Waals surface area contributed by atoms with E-state index in [9.17, 15) is 15.0 Å². The Hall–Kier alpha value is -3.27. The monoisotopic (exact) mass is 490 g/mol. The summed E-state index contributed by atoms with van der Waals surface area (Å²) in [4.78, 5) is 12.1. The van der Waals surface area contributed by atoms with Gasteiger partial charge < -0.3 is 14.9 Å². The van der Waals surface area contributed by atoms with E-state index in [0.29, 0.717) is 17.7 Å². The van der Waals surface area contributed by atoms with Crippen LogP contribution in [0, 0.1) is 0 Å². The molecule has 0 saturated heterocycles. The zero-order chi connectivity index (χ0) is 25.8. The van der Waals surface area contributed by atoms with Crippen molar-refractivity contribution in [1.29, 1.82) is 0 Å². The Morgan fingerprint density at radius 1 is 0.722 bits per heavy atom. The van der Waals surface area contributed by atoms with Crippen molar-refractivity contribution in [3.8, 4) is 17.2 Å². The van der Waals surface area contributed by atoms with Crippen molar-refractivity contribution in [2.45, 2.75) is 84.0 Å². The lowest BCUT2D eigenvalue weighted by atomic mass is 10.1. The van der Waals surface area contributed by atoms with Crippen molar-refractivity contribution in [2.24, 2.45) is 0 Å². The third-order valence-corrected chi connectivity index (χ3v) is 5.84. The lowest BCUT2D eigenvalue weighted by Gasteiger charge is -2.05. The van der Waals surface area contributed by atoms with Gasteiger partial charge in [0.2, 0.25) is 0 Å². The van der Waals surface area contributed by atoms with Gasteiger partial charge in [-0.05, 0) is 73.9 Å². The van der Waals surface area contributed by atoms with Crippen molar-refractivity contribution >= 4 is 18.1 Å². The highest BCUT2D eigenvalue weighted by Crippen LogP contribution is 2.22. The number of benzene rings is 2. The molecular weight excluding hydrogens is 448 g/mol. The van der Waals surface area contributed by atoms with Crippen LogP contribution in [0.1, 0.15) is 95.1 Å². The maximum atomic E-state index is 12.1. The number of rotatable bonds is 17. The van der Waals surface area contributed by atoms with Crippen LogP contribution in [0.2, 0.25) is 0 Å². The zero-order valence-electron chi connectivity index (χ0n) is 21.7. The minimum Gasteiger partial charge on any atom is -0.508 e. The maximum absolute atomic E-state index is 12.1. The molecule has 0 atom stereocenters. The summed E-state index contributed by atoms with van der Waals surface area (Å²) in [5.41, 5.74) is 1.62. The Morgan fingerprint density at radius 2 is 1.31 bits per heavy atom. The first-order chi connectivity index (χ1) is 17.6. The third-order valence-electron chi connectivity index (χ3n) is 5.84. The van der Waals surface area contributed by atoms with Crippen LogP contribution >= 0.6 is 0 Å². The van der Waals surface area contributed by atoms with Gasteiger partial charge in [-0.2, -0.15) is 0 Å². The molecule has 0 heterocycles. The van der Waals surface area contributed by atoms with E-state index in [-0.39, 0.29) is 17.5 Å². The number of hydrogen-bond acceptors (Lipinski definition) is 4. The molecule has 2 aromatic rings. The zero-order valence-corrected chi connectivity index (χ0v) is 21.7. The SMILES string of the molecule is CCCCC/C=C\C/C=C\CCCCCCCC(=O)Oc1ccc(C=Cc2cc(O)cc(O)c2)cc1. The van der Waals surface area contributed by atoms with Gasteiger partial charge in [-0.1, -0.05) is 87.6 Å². The van der Waals surface area contributed by atoms with Crippen LogP contribution in [-0.2, 0) is 4.79 Å². The Bertz CT molecular complexity index is 950. The van der Waals surface area contributed by atoms with E-state index in [1.165, 1.54) is 44.6 Å². The van der Waals surface area contributed by atoms with Crippen molar-refractivity contribution in [3.05, 3.63) is 77.9 Å². The first-order valence-electron chi connectivity index (χ1n) is 13.4. The first kappa shape index (κ1) is 29.0. The van der Waals surface area contributed by atoms with Crippen LogP contribution in [0.25, 0.3) is 12.2 Å². The molecule has 0 spiro atoms. The number of phenolic OH excluding ortho intramolecular Hbond substituents is 2. The summed E-state index contributed by atoms with van der Waals surface area (Å²) >= 11 is 0. The number of ether oxygens (including phenoxy) is 1. The largest absolute Gasteiger partial charge is 0.508 e. The van der Waals surface area contributed by atoms with Gasteiger partial charge in [-0.15, -0.1) is 0 Å². The molecule has 0 fully saturated rings. The number of carbonyl (C=O) groups excluding carboxylic acids is 1. The first-order valence-corrected chi connectivity index (χ1v) is 13.4. The van der Waals surface area contributed by atoms with E-state index in [1.807, 2.05) is 18.2 Å². The van der Waals surface area contributed by atoms with Gasteiger partial charge in [0.1, 0.15) is 17.2 Å². The highest BCUT2D eigenvalue weighted by Gasteiger charge is 2.04. The van der Waals surface area contributed by atoms with Crippen molar-refractivity contribution in [3.63, 3.8) is 0 Å². The fraction of sp³-hybridized carbons (Fsp3) is 0.406. The normalized spacial score (nSPS) is 11.7. The van der Waals surface area contributed by atoms with Crippen molar-refractivity contribution in [2.75, 3.05) is 0 Å². The summed E-state index contributed by atoms with van der Waals surface area (Å²) in [5.74, 6) is 0.371. The molecule has 0 aromatic heterocycles. The van der Waals surface area contributed by atoms with Crippen LogP contribution < -0.4 is 4.74 Å². The van der Waals surface area contributed by atoms with Gasteiger partial charge in [0.15, 0.2) is 0 Å². The summed E-state index contributed by atoms with van der Waals surface area (Å²) in [6.45, 7) is 2.23. The molecule has 0 unspecified atom stereocenters. The fourth-order valence-electron chi connectivity index (χ4n) is 3.82. The molecule has 36 heavy (non-hydrogen) atoms. The number of phenols is 2. The molecule has 0 amide bonds. The van der Waals surface area contributed by atoms with Gasteiger partial charge in [0.25, 0.3) is 0 Å². The van der Waals surface area contributed by atoms with E-state index < -0.39 is 0 Å². The molecule has 2 rings (SSSR count). The van der Waals surface area contributed by atoms with Crippen molar-refractivity contribution in [1.82, 2.24) is 0 Å². The maximum Gasteiger partial charge on any atom is 0.311 e. The summed E-state index contributed by atoms with van der Waals surface area (Å²) in [6, 6.07) is 11.7. The van der Waals surface area contributed by atoms with Crippen LogP contribution in [0.15, 0.2) is 66.8 Å². The van der Waals surface area contributed by atoms with E-state index >= 15 is 0 Å². The molecule has 2 N–H and O–H groups in total. The summed E-state index contributed by atoms with van der Waals surface area (Å²) in [6.07, 6.45) is 25.9. The van der Waals surface area contributed by atoms with Crippen LogP contribution in [0.3, 0.4) is 0 Å². The lowest BCUT2D eigenvalue weighted by Crippen LogP contribution is -2.07. The molecule has 2 aromatic carbocycles. The molecule has 0 aliphatic rings. The molecule has 0 bridgehead atoms. The minimum absolute atomic E-state index is 0.0148. The van der Waals surface area contributed by atoms with E-state index in [2.05, 4.69) is 31.2 Å². The molecule has 4 heteroatoms. The average Bonchev–Trinajstić information content (AvgIpc) is 2.85. The van der Waals surface area contributed by atoms with Crippen molar-refractivity contribution < 1.29 is 19.7 Å². The topological polar surface area (TPSA) is 66.8 Å². The van der Waals surface area contributed by atoms with Crippen LogP contribution in [-0.4, -0.2) is 16.2 Å². The quantitative estimate of drug-likeness (QED) is 0.0763.